The van der Waals surface area contributed by atoms with E-state index < -0.39 is 24.3 Å². The van der Waals surface area contributed by atoms with Gasteiger partial charge in [0.25, 0.3) is 0 Å². The van der Waals surface area contributed by atoms with E-state index in [-0.39, 0.29) is 56.7 Å². The van der Waals surface area contributed by atoms with E-state index in [1.165, 1.54) is 17.0 Å². The molecule has 5 rings (SSSR count). The normalized spacial score (nSPS) is 22.5. The van der Waals surface area contributed by atoms with Crippen LogP contribution in [0.4, 0.5) is 4.79 Å². The van der Waals surface area contributed by atoms with E-state index in [0.29, 0.717) is 12.2 Å². The highest BCUT2D eigenvalue weighted by molar-refractivity contribution is 5.92. The van der Waals surface area contributed by atoms with Crippen molar-refractivity contribution in [2.24, 2.45) is 0 Å². The number of amides is 4. The lowest BCUT2D eigenvalue weighted by atomic mass is 9.97. The van der Waals surface area contributed by atoms with Crippen molar-refractivity contribution in [1.29, 1.82) is 0 Å². The second kappa shape index (κ2) is 13.1. The topological polar surface area (TPSA) is 126 Å². The fourth-order valence-electron chi connectivity index (χ4n) is 5.80. The summed E-state index contributed by atoms with van der Waals surface area (Å²) in [4.78, 5) is 44.8. The van der Waals surface area contributed by atoms with Gasteiger partial charge in [0.1, 0.15) is 29.8 Å². The van der Waals surface area contributed by atoms with Crippen LogP contribution in [0.15, 0.2) is 90.7 Å². The van der Waals surface area contributed by atoms with E-state index >= 15 is 0 Å². The molecule has 2 fully saturated rings. The third-order valence-corrected chi connectivity index (χ3v) is 7.90. The summed E-state index contributed by atoms with van der Waals surface area (Å²) in [6, 6.07) is 14.8. The van der Waals surface area contributed by atoms with Crippen LogP contribution in [0.5, 0.6) is 5.75 Å². The summed E-state index contributed by atoms with van der Waals surface area (Å²) >= 11 is 0. The lowest BCUT2D eigenvalue weighted by Gasteiger charge is -2.55. The van der Waals surface area contributed by atoms with Crippen LogP contribution >= 0.6 is 0 Å². The fraction of sp³-hybridized carbons (Fsp3) is 0.344. The minimum atomic E-state index is -0.883. The van der Waals surface area contributed by atoms with E-state index in [9.17, 15) is 24.6 Å². The number of piperazine rings is 1. The first-order valence-electron chi connectivity index (χ1n) is 14.3. The first-order valence-corrected chi connectivity index (χ1v) is 14.3. The molecule has 2 aliphatic heterocycles. The molecule has 226 valence electrons. The molecule has 43 heavy (non-hydrogen) atoms. The number of aliphatic hydroxyl groups is 1. The number of hydrogen-bond donors (Lipinski definition) is 3. The number of hydrogen-bond acceptors (Lipinski definition) is 7. The molecule has 0 aromatic heterocycles. The Labute approximate surface area is 250 Å². The van der Waals surface area contributed by atoms with Crippen molar-refractivity contribution < 1.29 is 29.3 Å². The maximum atomic E-state index is 14.1. The maximum absolute atomic E-state index is 14.1. The molecular formula is C32H37N5O6. The number of rotatable bonds is 9. The van der Waals surface area contributed by atoms with Gasteiger partial charge in [-0.1, -0.05) is 54.6 Å². The number of methoxy groups -OCH3 is 1. The van der Waals surface area contributed by atoms with Gasteiger partial charge in [-0.25, -0.2) is 14.8 Å². The van der Waals surface area contributed by atoms with Crippen LogP contribution in [-0.2, 0) is 27.3 Å². The lowest BCUT2D eigenvalue weighted by Crippen LogP contribution is -2.76. The number of ether oxygens (including phenoxy) is 1. The molecule has 0 spiro atoms. The van der Waals surface area contributed by atoms with Gasteiger partial charge in [0, 0.05) is 26.1 Å². The highest BCUT2D eigenvalue weighted by Gasteiger charge is 2.51. The summed E-state index contributed by atoms with van der Waals surface area (Å²) in [6.45, 7) is 4.57. The SMILES string of the molecule is C=CCN1CC(=O)N2[C@@H](Cc3ccc(O)cc3)C(=O)N(CC3=CCC(O)C(OC)=C3)C[C@@H]2N1C(=O)NCc1ccccc1. The molecule has 11 nitrogen and oxygen atoms in total. The standard InChI is InChI=1S/C32H37N5O6/c1-3-15-35-21-30(40)36-26(16-22-9-12-25(38)13-10-22)31(41)34(19-24-11-14-27(39)28(17-24)43-2)20-29(36)37(35)32(42)33-18-23-7-5-4-6-8-23/h3-13,17,26-27,29,38-39H,1,14-16,18-21H2,2H3,(H,33,42)/t26-,27?,29-/m0/s1. The van der Waals surface area contributed by atoms with E-state index in [1.807, 2.05) is 36.4 Å². The Kier molecular flexibility index (Phi) is 9.13. The maximum Gasteiger partial charge on any atom is 0.334 e. The van der Waals surface area contributed by atoms with Crippen LogP contribution in [0.1, 0.15) is 17.5 Å². The zero-order valence-corrected chi connectivity index (χ0v) is 24.1. The van der Waals surface area contributed by atoms with Crippen molar-refractivity contribution in [2.45, 2.75) is 37.7 Å². The number of carbonyl (C=O) groups is 3. The van der Waals surface area contributed by atoms with Crippen LogP contribution in [0.3, 0.4) is 0 Å². The number of aliphatic hydroxyl groups excluding tert-OH is 1. The minimum absolute atomic E-state index is 0.0824. The number of phenols is 1. The number of nitrogens with zero attached hydrogens (tertiary/aromatic N) is 4. The number of nitrogens with one attached hydrogen (secondary N) is 1. The molecule has 11 heteroatoms. The monoisotopic (exact) mass is 587 g/mol. The zero-order valence-electron chi connectivity index (χ0n) is 24.1. The average Bonchev–Trinajstić information content (AvgIpc) is 3.00. The lowest BCUT2D eigenvalue weighted by molar-refractivity contribution is -0.188. The molecule has 1 unspecified atom stereocenters. The van der Waals surface area contributed by atoms with E-state index in [1.54, 1.807) is 46.3 Å². The van der Waals surface area contributed by atoms with Gasteiger partial charge in [-0.3, -0.25) is 9.59 Å². The van der Waals surface area contributed by atoms with Gasteiger partial charge in [0.05, 0.1) is 20.2 Å². The third-order valence-electron chi connectivity index (χ3n) is 7.90. The van der Waals surface area contributed by atoms with Crippen LogP contribution in [0, 0.1) is 0 Å². The highest BCUT2D eigenvalue weighted by atomic mass is 16.5. The number of phenolic OH excluding ortho intramolecular Hbond substituents is 1. The Hall–Kier alpha value is -4.61. The Morgan fingerprint density at radius 3 is 2.56 bits per heavy atom. The molecule has 2 aromatic rings. The second-order valence-corrected chi connectivity index (χ2v) is 10.8. The molecule has 3 atom stereocenters. The van der Waals surface area contributed by atoms with Gasteiger partial charge in [-0.05, 0) is 41.3 Å². The van der Waals surface area contributed by atoms with Crippen molar-refractivity contribution in [2.75, 3.05) is 33.3 Å². The quantitative estimate of drug-likeness (QED) is 0.384. The molecule has 2 saturated heterocycles. The molecule has 3 N–H and O–H groups in total. The molecule has 0 saturated carbocycles. The van der Waals surface area contributed by atoms with Gasteiger partial charge in [0.2, 0.25) is 11.8 Å². The Balaban J connectivity index is 1.48. The Morgan fingerprint density at radius 2 is 1.86 bits per heavy atom. The van der Waals surface area contributed by atoms with E-state index in [2.05, 4.69) is 11.9 Å². The van der Waals surface area contributed by atoms with Gasteiger partial charge in [-0.2, -0.15) is 0 Å². The first-order chi connectivity index (χ1) is 20.8. The van der Waals surface area contributed by atoms with Gasteiger partial charge in [0.15, 0.2) is 0 Å². The largest absolute Gasteiger partial charge is 0.508 e. The second-order valence-electron chi connectivity index (χ2n) is 10.8. The number of urea groups is 1. The van der Waals surface area contributed by atoms with E-state index in [0.717, 1.165) is 16.7 Å². The first kappa shape index (κ1) is 29.9. The predicted molar refractivity (Wildman–Crippen MR) is 159 cm³/mol. The smallest absolute Gasteiger partial charge is 0.334 e. The summed E-state index contributed by atoms with van der Waals surface area (Å²) in [6.07, 6.45) is 4.24. The Bertz CT molecular complexity index is 1410. The molecule has 2 heterocycles. The molecule has 2 aromatic carbocycles. The van der Waals surface area contributed by atoms with Crippen LogP contribution in [-0.4, -0.2) is 99.5 Å². The summed E-state index contributed by atoms with van der Waals surface area (Å²) in [7, 11) is 1.49. The number of benzene rings is 2. The van der Waals surface area contributed by atoms with E-state index in [4.69, 9.17) is 4.74 Å². The molecule has 0 radical (unpaired) electrons. The predicted octanol–water partition coefficient (Wildman–Crippen LogP) is 2.15. The van der Waals surface area contributed by atoms with Gasteiger partial charge in [-0.15, -0.1) is 6.58 Å². The summed E-state index contributed by atoms with van der Waals surface area (Å²) in [5.41, 5.74) is 2.48. The molecule has 3 aliphatic rings. The average molecular weight is 588 g/mol. The molecule has 4 amide bonds. The minimum Gasteiger partial charge on any atom is -0.508 e. The number of carbonyl (C=O) groups excluding carboxylic acids is 3. The highest BCUT2D eigenvalue weighted by Crippen LogP contribution is 2.30. The van der Waals surface area contributed by atoms with Crippen molar-refractivity contribution >= 4 is 17.8 Å². The van der Waals surface area contributed by atoms with Crippen LogP contribution in [0.25, 0.3) is 0 Å². The summed E-state index contributed by atoms with van der Waals surface area (Å²) in [5, 5.41) is 26.2. The van der Waals surface area contributed by atoms with Gasteiger partial charge >= 0.3 is 6.03 Å². The van der Waals surface area contributed by atoms with Crippen molar-refractivity contribution in [3.63, 3.8) is 0 Å². The fourth-order valence-corrected chi connectivity index (χ4v) is 5.80. The van der Waals surface area contributed by atoms with Crippen molar-refractivity contribution in [3.8, 4) is 5.75 Å². The number of hydrazine groups is 1. The van der Waals surface area contributed by atoms with Crippen molar-refractivity contribution in [1.82, 2.24) is 25.1 Å². The number of aromatic hydroxyl groups is 1. The van der Waals surface area contributed by atoms with Crippen LogP contribution in [0.2, 0.25) is 0 Å². The molecular weight excluding hydrogens is 550 g/mol. The van der Waals surface area contributed by atoms with Crippen LogP contribution < -0.4 is 5.32 Å². The Morgan fingerprint density at radius 1 is 1.12 bits per heavy atom. The molecule has 0 bridgehead atoms. The summed E-state index contributed by atoms with van der Waals surface area (Å²) in [5.74, 6) is -0.00640. The molecule has 1 aliphatic carbocycles. The van der Waals surface area contributed by atoms with Gasteiger partial charge < -0.3 is 30.1 Å². The number of fused-ring (bicyclic) bond motifs is 1. The zero-order chi connectivity index (χ0) is 30.5. The van der Waals surface area contributed by atoms with Crippen molar-refractivity contribution in [3.05, 3.63) is 102 Å². The third kappa shape index (κ3) is 6.58. The summed E-state index contributed by atoms with van der Waals surface area (Å²) < 4.78 is 5.33.